The first kappa shape index (κ1) is 25.1. The van der Waals surface area contributed by atoms with Gasteiger partial charge in [-0.05, 0) is 58.1 Å². The van der Waals surface area contributed by atoms with Gasteiger partial charge < -0.3 is 15.2 Å². The number of phenolic OH excluding ortho intramolecular Hbond substituents is 1. The number of anilines is 1. The Morgan fingerprint density at radius 2 is 1.61 bits per heavy atom. The predicted molar refractivity (Wildman–Crippen MR) is 143 cm³/mol. The second-order valence-electron chi connectivity index (χ2n) is 8.93. The second kappa shape index (κ2) is 10.5. The van der Waals surface area contributed by atoms with Crippen molar-refractivity contribution in [2.75, 3.05) is 12.4 Å². The van der Waals surface area contributed by atoms with Gasteiger partial charge in [-0.2, -0.15) is 13.2 Å². The summed E-state index contributed by atoms with van der Waals surface area (Å²) in [7, 11) is 1.48. The van der Waals surface area contributed by atoms with E-state index >= 15 is 0 Å². The Morgan fingerprint density at radius 1 is 0.842 bits per heavy atom. The third-order valence-corrected chi connectivity index (χ3v) is 6.38. The van der Waals surface area contributed by atoms with Gasteiger partial charge in [0.15, 0.2) is 11.5 Å². The summed E-state index contributed by atoms with van der Waals surface area (Å²) in [5.74, 6) is 0.417. The molecule has 0 aliphatic rings. The van der Waals surface area contributed by atoms with E-state index in [2.05, 4.69) is 10.3 Å². The Bertz CT molecular complexity index is 1580. The quantitative estimate of drug-likeness (QED) is 0.232. The number of halogens is 3. The molecule has 7 heteroatoms. The lowest BCUT2D eigenvalue weighted by atomic mass is 9.90. The van der Waals surface area contributed by atoms with E-state index in [1.807, 2.05) is 66.7 Å². The number of aromatic hydroxyl groups is 1. The lowest BCUT2D eigenvalue weighted by Crippen LogP contribution is -2.14. The molecule has 0 fully saturated rings. The van der Waals surface area contributed by atoms with Crippen molar-refractivity contribution in [2.24, 2.45) is 0 Å². The summed E-state index contributed by atoms with van der Waals surface area (Å²) in [6.07, 6.45) is -4.52. The van der Waals surface area contributed by atoms with Crippen molar-refractivity contribution in [3.63, 3.8) is 0 Å². The first-order valence-corrected chi connectivity index (χ1v) is 12.1. The van der Waals surface area contributed by atoms with E-state index < -0.39 is 11.9 Å². The standard InChI is InChI=1S/C31H25F3N2O2/c1-38-28-17-21(14-15-27(28)37)19-35-23-11-7-10-22(18-23)29-24-12-5-6-13-26(24)36-30(31(32,33)34)25(29)16-20-8-3-2-4-9-20/h2-15,17-18,35,37H,16,19H2,1H3. The van der Waals surface area contributed by atoms with Gasteiger partial charge in [0.2, 0.25) is 0 Å². The molecule has 0 bridgehead atoms. The Labute approximate surface area is 218 Å². The fraction of sp³-hybridized carbons (Fsp3) is 0.129. The summed E-state index contributed by atoms with van der Waals surface area (Å²) >= 11 is 0. The molecular weight excluding hydrogens is 489 g/mol. The molecule has 0 atom stereocenters. The second-order valence-corrected chi connectivity index (χ2v) is 8.93. The van der Waals surface area contributed by atoms with Crippen molar-refractivity contribution in [1.29, 1.82) is 0 Å². The molecular formula is C31H25F3N2O2. The van der Waals surface area contributed by atoms with E-state index in [1.165, 1.54) is 7.11 Å². The summed E-state index contributed by atoms with van der Waals surface area (Å²) in [6.45, 7) is 0.432. The zero-order valence-corrected chi connectivity index (χ0v) is 20.6. The number of para-hydroxylation sites is 1. The number of fused-ring (bicyclic) bond motifs is 1. The lowest BCUT2D eigenvalue weighted by molar-refractivity contribution is -0.141. The topological polar surface area (TPSA) is 54.4 Å². The Balaban J connectivity index is 1.61. The highest BCUT2D eigenvalue weighted by atomic mass is 19.4. The first-order chi connectivity index (χ1) is 18.3. The molecule has 0 aliphatic heterocycles. The molecule has 0 aliphatic carbocycles. The van der Waals surface area contributed by atoms with E-state index in [0.29, 0.717) is 34.3 Å². The van der Waals surface area contributed by atoms with Crippen LogP contribution in [0.15, 0.2) is 97.1 Å². The summed E-state index contributed by atoms with van der Waals surface area (Å²) in [5.41, 5.74) is 3.13. The third kappa shape index (κ3) is 5.27. The number of benzene rings is 4. The normalized spacial score (nSPS) is 11.5. The van der Waals surface area contributed by atoms with Gasteiger partial charge in [-0.15, -0.1) is 0 Å². The van der Waals surface area contributed by atoms with Crippen LogP contribution in [0.2, 0.25) is 0 Å². The van der Waals surface area contributed by atoms with Crippen LogP contribution in [0.5, 0.6) is 11.5 Å². The number of pyridine rings is 1. The van der Waals surface area contributed by atoms with Crippen LogP contribution < -0.4 is 10.1 Å². The molecule has 0 unspecified atom stereocenters. The van der Waals surface area contributed by atoms with Gasteiger partial charge in [-0.25, -0.2) is 4.98 Å². The number of ether oxygens (including phenoxy) is 1. The van der Waals surface area contributed by atoms with Gasteiger partial charge in [0.25, 0.3) is 0 Å². The molecule has 5 rings (SSSR count). The van der Waals surface area contributed by atoms with Crippen LogP contribution in [-0.2, 0) is 19.1 Å². The molecule has 38 heavy (non-hydrogen) atoms. The largest absolute Gasteiger partial charge is 0.504 e. The highest BCUT2D eigenvalue weighted by Crippen LogP contribution is 2.41. The zero-order valence-electron chi connectivity index (χ0n) is 20.6. The average Bonchev–Trinajstić information content (AvgIpc) is 2.92. The van der Waals surface area contributed by atoms with Crippen LogP contribution in [0.25, 0.3) is 22.0 Å². The molecule has 1 heterocycles. The maximum absolute atomic E-state index is 14.3. The van der Waals surface area contributed by atoms with Crippen molar-refractivity contribution >= 4 is 16.6 Å². The number of alkyl halides is 3. The summed E-state index contributed by atoms with van der Waals surface area (Å²) in [4.78, 5) is 4.08. The van der Waals surface area contributed by atoms with Crippen molar-refractivity contribution in [2.45, 2.75) is 19.1 Å². The van der Waals surface area contributed by atoms with Crippen molar-refractivity contribution in [3.8, 4) is 22.6 Å². The monoisotopic (exact) mass is 514 g/mol. The fourth-order valence-corrected chi connectivity index (χ4v) is 4.61. The number of nitrogens with one attached hydrogen (secondary N) is 1. The number of hydrogen-bond donors (Lipinski definition) is 2. The SMILES string of the molecule is COc1cc(CNc2cccc(-c3c(Cc4ccccc4)c(C(F)(F)F)nc4ccccc34)c2)ccc1O. The van der Waals surface area contributed by atoms with E-state index in [1.54, 1.807) is 30.3 Å². The number of methoxy groups -OCH3 is 1. The summed E-state index contributed by atoms with van der Waals surface area (Å²) < 4.78 is 48.2. The van der Waals surface area contributed by atoms with Gasteiger partial charge in [0.05, 0.1) is 12.6 Å². The van der Waals surface area contributed by atoms with Crippen molar-refractivity contribution in [3.05, 3.63) is 119 Å². The molecule has 4 nitrogen and oxygen atoms in total. The van der Waals surface area contributed by atoms with Gasteiger partial charge in [0.1, 0.15) is 5.69 Å². The van der Waals surface area contributed by atoms with E-state index in [-0.39, 0.29) is 17.7 Å². The van der Waals surface area contributed by atoms with Gasteiger partial charge in [-0.1, -0.05) is 66.7 Å². The molecule has 5 aromatic rings. The lowest BCUT2D eigenvalue weighted by Gasteiger charge is -2.20. The van der Waals surface area contributed by atoms with Gasteiger partial charge in [0, 0.05) is 24.0 Å². The van der Waals surface area contributed by atoms with Gasteiger partial charge in [-0.3, -0.25) is 0 Å². The smallest absolute Gasteiger partial charge is 0.433 e. The Kier molecular flexibility index (Phi) is 6.92. The van der Waals surface area contributed by atoms with Crippen LogP contribution in [0.4, 0.5) is 18.9 Å². The van der Waals surface area contributed by atoms with Crippen LogP contribution in [0, 0.1) is 0 Å². The third-order valence-electron chi connectivity index (χ3n) is 6.38. The molecule has 2 N–H and O–H groups in total. The first-order valence-electron chi connectivity index (χ1n) is 12.1. The van der Waals surface area contributed by atoms with E-state index in [9.17, 15) is 18.3 Å². The minimum atomic E-state index is -4.61. The highest BCUT2D eigenvalue weighted by molar-refractivity contribution is 5.97. The molecule has 192 valence electrons. The Hall–Kier alpha value is -4.52. The number of rotatable bonds is 7. The fourth-order valence-electron chi connectivity index (χ4n) is 4.61. The highest BCUT2D eigenvalue weighted by Gasteiger charge is 2.37. The molecule has 4 aromatic carbocycles. The molecule has 0 spiro atoms. The van der Waals surface area contributed by atoms with Crippen LogP contribution in [0.1, 0.15) is 22.4 Å². The number of nitrogens with zero attached hydrogens (tertiary/aromatic N) is 1. The van der Waals surface area contributed by atoms with Crippen LogP contribution >= 0.6 is 0 Å². The average molecular weight is 515 g/mol. The summed E-state index contributed by atoms with van der Waals surface area (Å²) in [5, 5.41) is 13.8. The molecule has 1 aromatic heterocycles. The minimum Gasteiger partial charge on any atom is -0.504 e. The van der Waals surface area contributed by atoms with E-state index in [0.717, 1.165) is 16.8 Å². The Morgan fingerprint density at radius 3 is 2.37 bits per heavy atom. The van der Waals surface area contributed by atoms with Crippen molar-refractivity contribution in [1.82, 2.24) is 4.98 Å². The molecule has 0 saturated carbocycles. The number of aromatic nitrogens is 1. The maximum atomic E-state index is 14.3. The van der Waals surface area contributed by atoms with E-state index in [4.69, 9.17) is 4.74 Å². The molecule has 0 saturated heterocycles. The predicted octanol–water partition coefficient (Wildman–Crippen LogP) is 7.84. The van der Waals surface area contributed by atoms with Crippen LogP contribution in [0.3, 0.4) is 0 Å². The zero-order chi connectivity index (χ0) is 26.7. The minimum absolute atomic E-state index is 0.0502. The number of hydrogen-bond acceptors (Lipinski definition) is 4. The maximum Gasteiger partial charge on any atom is 0.433 e. The molecule has 0 amide bonds. The summed E-state index contributed by atoms with van der Waals surface area (Å²) in [6, 6.07) is 28.5. The van der Waals surface area contributed by atoms with Gasteiger partial charge >= 0.3 is 6.18 Å². The van der Waals surface area contributed by atoms with Crippen molar-refractivity contribution < 1.29 is 23.0 Å². The number of phenols is 1. The molecule has 0 radical (unpaired) electrons. The van der Waals surface area contributed by atoms with Crippen LogP contribution in [-0.4, -0.2) is 17.2 Å².